The summed E-state index contributed by atoms with van der Waals surface area (Å²) in [6, 6.07) is 19.4. The highest BCUT2D eigenvalue weighted by Gasteiger charge is 2.15. The van der Waals surface area contributed by atoms with Crippen molar-refractivity contribution in [2.45, 2.75) is 6.92 Å². The van der Waals surface area contributed by atoms with Crippen LogP contribution in [0.3, 0.4) is 0 Å². The molecule has 0 fully saturated rings. The summed E-state index contributed by atoms with van der Waals surface area (Å²) in [5.74, 6) is -0.277. The lowest BCUT2D eigenvalue weighted by Gasteiger charge is -2.12. The van der Waals surface area contributed by atoms with Crippen molar-refractivity contribution in [1.29, 1.82) is 0 Å². The van der Waals surface area contributed by atoms with Gasteiger partial charge in [0.25, 0.3) is 11.5 Å². The van der Waals surface area contributed by atoms with Crippen molar-refractivity contribution in [2.24, 2.45) is 0 Å². The zero-order chi connectivity index (χ0) is 19.7. The quantitative estimate of drug-likeness (QED) is 0.528. The van der Waals surface area contributed by atoms with Crippen molar-refractivity contribution in [3.63, 3.8) is 0 Å². The van der Waals surface area contributed by atoms with Crippen LogP contribution in [0.5, 0.6) is 0 Å². The molecule has 5 nitrogen and oxygen atoms in total. The number of carbonyl (C=O) groups excluding carboxylic acids is 1. The number of fused-ring (bicyclic) bond motifs is 1. The normalized spacial score (nSPS) is 10.8. The predicted octanol–water partition coefficient (Wildman–Crippen LogP) is 4.80. The van der Waals surface area contributed by atoms with Crippen LogP contribution in [-0.2, 0) is 0 Å². The number of anilines is 1. The number of para-hydroxylation sites is 2. The van der Waals surface area contributed by atoms with Crippen LogP contribution in [0.4, 0.5) is 5.69 Å². The van der Waals surface area contributed by atoms with Gasteiger partial charge in [-0.25, -0.2) is 4.98 Å². The zero-order valence-corrected chi connectivity index (χ0v) is 15.7. The summed E-state index contributed by atoms with van der Waals surface area (Å²) < 4.78 is 0. The Bertz CT molecular complexity index is 1250. The standard InChI is InChI=1S/C22H16ClN3O2/c1-13-6-8-14(9-7-13)21(27)25-17-11-10-15(23)12-16(17)20-22(28)26-19-5-3-2-4-18(19)24-20/h2-12H,1H3,(H,25,27)(H,26,28). The molecule has 28 heavy (non-hydrogen) atoms. The number of nitrogens with one attached hydrogen (secondary N) is 2. The first kappa shape index (κ1) is 17.9. The van der Waals surface area contributed by atoms with Crippen LogP contribution in [0.2, 0.25) is 5.02 Å². The van der Waals surface area contributed by atoms with Crippen LogP contribution in [0, 0.1) is 6.92 Å². The van der Waals surface area contributed by atoms with Crippen LogP contribution in [-0.4, -0.2) is 15.9 Å². The molecule has 6 heteroatoms. The molecular formula is C22H16ClN3O2. The van der Waals surface area contributed by atoms with E-state index in [1.165, 1.54) is 0 Å². The maximum absolute atomic E-state index is 12.6. The molecule has 4 aromatic rings. The molecule has 0 bridgehead atoms. The molecule has 1 heterocycles. The summed E-state index contributed by atoms with van der Waals surface area (Å²) in [4.78, 5) is 32.6. The monoisotopic (exact) mass is 389 g/mol. The van der Waals surface area contributed by atoms with Crippen molar-refractivity contribution < 1.29 is 4.79 Å². The number of aryl methyl sites for hydroxylation is 1. The van der Waals surface area contributed by atoms with Gasteiger partial charge in [-0.3, -0.25) is 9.59 Å². The van der Waals surface area contributed by atoms with Crippen molar-refractivity contribution in [2.75, 3.05) is 5.32 Å². The van der Waals surface area contributed by atoms with Gasteiger partial charge in [0.15, 0.2) is 0 Å². The Hall–Kier alpha value is -3.44. The Labute approximate surface area is 166 Å². The second-order valence-electron chi connectivity index (χ2n) is 6.44. The number of carbonyl (C=O) groups is 1. The summed E-state index contributed by atoms with van der Waals surface area (Å²) >= 11 is 6.16. The second kappa shape index (κ2) is 7.29. The average Bonchev–Trinajstić information content (AvgIpc) is 2.69. The van der Waals surface area contributed by atoms with Gasteiger partial charge in [0.2, 0.25) is 0 Å². The number of halogens is 1. The van der Waals surface area contributed by atoms with Gasteiger partial charge in [-0.2, -0.15) is 0 Å². The van der Waals surface area contributed by atoms with Crippen molar-refractivity contribution >= 4 is 34.2 Å². The van der Waals surface area contributed by atoms with Gasteiger partial charge >= 0.3 is 0 Å². The molecule has 0 saturated heterocycles. The molecular weight excluding hydrogens is 374 g/mol. The fourth-order valence-electron chi connectivity index (χ4n) is 2.93. The third-order valence-electron chi connectivity index (χ3n) is 4.40. The van der Waals surface area contributed by atoms with Crippen LogP contribution < -0.4 is 10.9 Å². The molecule has 1 aromatic heterocycles. The number of aromatic amines is 1. The lowest BCUT2D eigenvalue weighted by Crippen LogP contribution is -2.16. The second-order valence-corrected chi connectivity index (χ2v) is 6.88. The molecule has 2 N–H and O–H groups in total. The van der Waals surface area contributed by atoms with E-state index in [0.717, 1.165) is 5.56 Å². The third kappa shape index (κ3) is 3.52. The molecule has 0 spiro atoms. The number of benzene rings is 3. The van der Waals surface area contributed by atoms with Gasteiger partial charge in [-0.05, 0) is 49.4 Å². The van der Waals surface area contributed by atoms with E-state index in [1.807, 2.05) is 37.3 Å². The summed E-state index contributed by atoms with van der Waals surface area (Å²) in [6.07, 6.45) is 0. The van der Waals surface area contributed by atoms with Crippen LogP contribution in [0.15, 0.2) is 71.5 Å². The van der Waals surface area contributed by atoms with Gasteiger partial charge in [0.1, 0.15) is 5.69 Å². The number of amides is 1. The number of aromatic nitrogens is 2. The maximum Gasteiger partial charge on any atom is 0.275 e. The average molecular weight is 390 g/mol. The van der Waals surface area contributed by atoms with Gasteiger partial charge in [0, 0.05) is 16.1 Å². The third-order valence-corrected chi connectivity index (χ3v) is 4.63. The van der Waals surface area contributed by atoms with E-state index in [1.54, 1.807) is 36.4 Å². The van der Waals surface area contributed by atoms with Crippen LogP contribution in [0.25, 0.3) is 22.3 Å². The Kier molecular flexibility index (Phi) is 4.67. The van der Waals surface area contributed by atoms with E-state index in [2.05, 4.69) is 15.3 Å². The minimum Gasteiger partial charge on any atom is -0.321 e. The topological polar surface area (TPSA) is 74.8 Å². The highest BCUT2D eigenvalue weighted by molar-refractivity contribution is 6.31. The minimum atomic E-state index is -0.355. The van der Waals surface area contributed by atoms with Gasteiger partial charge in [0.05, 0.1) is 16.7 Å². The van der Waals surface area contributed by atoms with Crippen LogP contribution >= 0.6 is 11.6 Å². The first-order chi connectivity index (χ1) is 13.5. The van der Waals surface area contributed by atoms with Crippen molar-refractivity contribution in [1.82, 2.24) is 9.97 Å². The van der Waals surface area contributed by atoms with E-state index in [9.17, 15) is 9.59 Å². The first-order valence-electron chi connectivity index (χ1n) is 8.68. The highest BCUT2D eigenvalue weighted by Crippen LogP contribution is 2.29. The van der Waals surface area contributed by atoms with Crippen molar-refractivity contribution in [3.8, 4) is 11.3 Å². The Balaban J connectivity index is 1.79. The van der Waals surface area contributed by atoms with E-state index in [-0.39, 0.29) is 17.2 Å². The lowest BCUT2D eigenvalue weighted by molar-refractivity contribution is 0.102. The summed E-state index contributed by atoms with van der Waals surface area (Å²) in [5, 5.41) is 3.30. The molecule has 0 aliphatic heterocycles. The fourth-order valence-corrected chi connectivity index (χ4v) is 3.11. The smallest absolute Gasteiger partial charge is 0.275 e. The summed E-state index contributed by atoms with van der Waals surface area (Å²) in [6.45, 7) is 1.96. The molecule has 0 saturated carbocycles. The predicted molar refractivity (Wildman–Crippen MR) is 112 cm³/mol. The van der Waals surface area contributed by atoms with Gasteiger partial charge in [-0.15, -0.1) is 0 Å². The molecule has 1 amide bonds. The molecule has 0 unspecified atom stereocenters. The van der Waals surface area contributed by atoms with E-state index < -0.39 is 0 Å². The molecule has 0 aliphatic rings. The summed E-state index contributed by atoms with van der Waals surface area (Å²) in [5.41, 5.74) is 3.63. The molecule has 0 atom stereocenters. The molecule has 4 rings (SSSR count). The highest BCUT2D eigenvalue weighted by atomic mass is 35.5. The van der Waals surface area contributed by atoms with Gasteiger partial charge < -0.3 is 10.3 Å². The molecule has 138 valence electrons. The van der Waals surface area contributed by atoms with Crippen molar-refractivity contribution in [3.05, 3.63) is 93.2 Å². The Morgan fingerprint density at radius 1 is 1.04 bits per heavy atom. The minimum absolute atomic E-state index is 0.195. The number of hydrogen-bond donors (Lipinski definition) is 2. The number of nitrogens with zero attached hydrogens (tertiary/aromatic N) is 1. The molecule has 0 aliphatic carbocycles. The van der Waals surface area contributed by atoms with E-state index in [4.69, 9.17) is 11.6 Å². The fraction of sp³-hybridized carbons (Fsp3) is 0.0455. The van der Waals surface area contributed by atoms with Crippen LogP contribution in [0.1, 0.15) is 15.9 Å². The number of H-pyrrole nitrogens is 1. The zero-order valence-electron chi connectivity index (χ0n) is 15.0. The number of hydrogen-bond acceptors (Lipinski definition) is 3. The molecule has 0 radical (unpaired) electrons. The summed E-state index contributed by atoms with van der Waals surface area (Å²) in [7, 11) is 0. The Morgan fingerprint density at radius 2 is 1.79 bits per heavy atom. The van der Waals surface area contributed by atoms with E-state index in [0.29, 0.717) is 32.9 Å². The largest absolute Gasteiger partial charge is 0.321 e. The first-order valence-corrected chi connectivity index (χ1v) is 9.06. The molecule has 3 aromatic carbocycles. The number of rotatable bonds is 3. The Morgan fingerprint density at radius 3 is 2.57 bits per heavy atom. The van der Waals surface area contributed by atoms with Gasteiger partial charge in [-0.1, -0.05) is 41.4 Å². The van der Waals surface area contributed by atoms with E-state index >= 15 is 0 Å². The SMILES string of the molecule is Cc1ccc(C(=O)Nc2ccc(Cl)cc2-c2nc3ccccc3[nH]c2=O)cc1. The maximum atomic E-state index is 12.6. The lowest BCUT2D eigenvalue weighted by atomic mass is 10.1.